The predicted molar refractivity (Wildman–Crippen MR) is 97.8 cm³/mol. The number of benzene rings is 1. The van der Waals surface area contributed by atoms with E-state index >= 15 is 0 Å². The smallest absolute Gasteiger partial charge is 0.262 e. The Kier molecular flexibility index (Phi) is 5.15. The Morgan fingerprint density at radius 2 is 2.25 bits per heavy atom. The molecule has 5 nitrogen and oxygen atoms in total. The molecule has 0 bridgehead atoms. The summed E-state index contributed by atoms with van der Waals surface area (Å²) in [7, 11) is 0. The van der Waals surface area contributed by atoms with Crippen molar-refractivity contribution in [3.05, 3.63) is 33.6 Å². The average molecular weight is 366 g/mol. The molecule has 1 aromatic heterocycles. The number of nitrogens with zero attached hydrogens (tertiary/aromatic N) is 2. The number of rotatable bonds is 6. The number of nitrogens with one attached hydrogen (secondary N) is 1. The number of aromatic nitrogens is 2. The number of amides is 1. The first kappa shape index (κ1) is 17.3. The number of carbonyl (C=O) groups is 1. The van der Waals surface area contributed by atoms with Gasteiger partial charge in [0.2, 0.25) is 5.91 Å². The van der Waals surface area contributed by atoms with Gasteiger partial charge >= 0.3 is 0 Å². The van der Waals surface area contributed by atoms with E-state index in [9.17, 15) is 9.59 Å². The zero-order valence-electron chi connectivity index (χ0n) is 13.7. The Morgan fingerprint density at radius 1 is 1.50 bits per heavy atom. The van der Waals surface area contributed by atoms with Crippen LogP contribution in [0.25, 0.3) is 10.9 Å². The van der Waals surface area contributed by atoms with Gasteiger partial charge in [-0.2, -0.15) is 0 Å². The van der Waals surface area contributed by atoms with Crippen molar-refractivity contribution < 1.29 is 4.79 Å². The summed E-state index contributed by atoms with van der Waals surface area (Å²) in [5.41, 5.74) is 0.480. The molecular formula is C17H20ClN3O2S. The van der Waals surface area contributed by atoms with Crippen LogP contribution in [0.3, 0.4) is 0 Å². The lowest BCUT2D eigenvalue weighted by Gasteiger charge is -2.16. The maximum atomic E-state index is 12.8. The van der Waals surface area contributed by atoms with E-state index in [1.54, 1.807) is 22.8 Å². The number of fused-ring (bicyclic) bond motifs is 1. The maximum absolute atomic E-state index is 12.8. The molecule has 0 unspecified atom stereocenters. The van der Waals surface area contributed by atoms with Crippen molar-refractivity contribution in [3.63, 3.8) is 0 Å². The van der Waals surface area contributed by atoms with Gasteiger partial charge in [-0.3, -0.25) is 14.2 Å². The van der Waals surface area contributed by atoms with Gasteiger partial charge in [-0.25, -0.2) is 4.98 Å². The first-order valence-electron chi connectivity index (χ1n) is 8.16. The fourth-order valence-electron chi connectivity index (χ4n) is 2.44. The van der Waals surface area contributed by atoms with Gasteiger partial charge in [0.1, 0.15) is 0 Å². The maximum Gasteiger partial charge on any atom is 0.262 e. The van der Waals surface area contributed by atoms with Crippen molar-refractivity contribution in [2.24, 2.45) is 0 Å². The van der Waals surface area contributed by atoms with Crippen LogP contribution in [0.1, 0.15) is 33.1 Å². The highest BCUT2D eigenvalue weighted by atomic mass is 35.5. The molecule has 1 heterocycles. The molecule has 1 atom stereocenters. The molecule has 1 amide bonds. The number of carbonyl (C=O) groups excluding carboxylic acids is 1. The van der Waals surface area contributed by atoms with Gasteiger partial charge in [0.25, 0.3) is 5.56 Å². The van der Waals surface area contributed by atoms with Crippen molar-refractivity contribution in [2.75, 3.05) is 0 Å². The minimum Gasteiger partial charge on any atom is -0.352 e. The molecular weight excluding hydrogens is 346 g/mol. The largest absolute Gasteiger partial charge is 0.352 e. The van der Waals surface area contributed by atoms with Gasteiger partial charge in [0.15, 0.2) is 5.16 Å². The van der Waals surface area contributed by atoms with E-state index in [2.05, 4.69) is 10.3 Å². The molecule has 0 spiro atoms. The lowest BCUT2D eigenvalue weighted by atomic mass is 10.2. The summed E-state index contributed by atoms with van der Waals surface area (Å²) in [6.45, 7) is 4.42. The fourth-order valence-corrected chi connectivity index (χ4v) is 3.55. The molecule has 2 aromatic rings. The average Bonchev–Trinajstić information content (AvgIpc) is 3.34. The topological polar surface area (TPSA) is 64.0 Å². The lowest BCUT2D eigenvalue weighted by Crippen LogP contribution is -2.33. The van der Waals surface area contributed by atoms with Gasteiger partial charge < -0.3 is 5.32 Å². The Bertz CT molecular complexity index is 832. The van der Waals surface area contributed by atoms with Gasteiger partial charge in [-0.1, -0.05) is 30.3 Å². The van der Waals surface area contributed by atoms with Gasteiger partial charge in [-0.05, 0) is 44.4 Å². The second kappa shape index (κ2) is 7.15. The minimum absolute atomic E-state index is 0.00834. The molecule has 0 saturated heterocycles. The normalized spacial score (nSPS) is 15.5. The zero-order chi connectivity index (χ0) is 17.3. The predicted octanol–water partition coefficient (Wildman–Crippen LogP) is 3.22. The summed E-state index contributed by atoms with van der Waals surface area (Å²) in [4.78, 5) is 29.6. The van der Waals surface area contributed by atoms with Crippen LogP contribution in [-0.2, 0) is 11.3 Å². The van der Waals surface area contributed by atoms with Crippen molar-refractivity contribution in [1.82, 2.24) is 14.9 Å². The molecule has 1 fully saturated rings. The van der Waals surface area contributed by atoms with E-state index in [0.29, 0.717) is 33.7 Å². The quantitative estimate of drug-likeness (QED) is 0.630. The van der Waals surface area contributed by atoms with Gasteiger partial charge in [-0.15, -0.1) is 0 Å². The Balaban J connectivity index is 1.96. The Labute approximate surface area is 149 Å². The molecule has 7 heteroatoms. The van der Waals surface area contributed by atoms with Crippen LogP contribution in [0.5, 0.6) is 0 Å². The van der Waals surface area contributed by atoms with Crippen molar-refractivity contribution in [3.8, 4) is 0 Å². The third-order valence-electron chi connectivity index (χ3n) is 3.90. The molecule has 1 aromatic carbocycles. The molecule has 24 heavy (non-hydrogen) atoms. The Morgan fingerprint density at radius 3 is 2.92 bits per heavy atom. The third kappa shape index (κ3) is 3.75. The molecule has 128 valence electrons. The summed E-state index contributed by atoms with van der Waals surface area (Å²) in [5, 5.41) is 4.34. The lowest BCUT2D eigenvalue weighted by molar-refractivity contribution is -0.120. The summed E-state index contributed by atoms with van der Waals surface area (Å²) in [6, 6.07) is 5.41. The highest BCUT2D eigenvalue weighted by Gasteiger charge is 2.27. The molecule has 0 radical (unpaired) electrons. The second-order valence-electron chi connectivity index (χ2n) is 6.06. The van der Waals surface area contributed by atoms with Crippen molar-refractivity contribution >= 4 is 40.2 Å². The van der Waals surface area contributed by atoms with E-state index in [0.717, 1.165) is 19.3 Å². The molecule has 1 aliphatic rings. The van der Waals surface area contributed by atoms with Gasteiger partial charge in [0.05, 0.1) is 16.2 Å². The highest BCUT2D eigenvalue weighted by Crippen LogP contribution is 2.25. The summed E-state index contributed by atoms with van der Waals surface area (Å²) >= 11 is 7.34. The van der Waals surface area contributed by atoms with E-state index in [1.165, 1.54) is 11.8 Å². The van der Waals surface area contributed by atoms with Crippen LogP contribution in [0, 0.1) is 0 Å². The summed E-state index contributed by atoms with van der Waals surface area (Å²) in [6.07, 6.45) is 2.92. The van der Waals surface area contributed by atoms with Crippen LogP contribution in [-0.4, -0.2) is 26.8 Å². The van der Waals surface area contributed by atoms with E-state index in [-0.39, 0.29) is 16.7 Å². The molecule has 3 rings (SSSR count). The van der Waals surface area contributed by atoms with E-state index < -0.39 is 0 Å². The number of thioether (sulfide) groups is 1. The first-order valence-corrected chi connectivity index (χ1v) is 9.42. The number of hydrogen-bond donors (Lipinski definition) is 1. The van der Waals surface area contributed by atoms with Crippen molar-refractivity contribution in [1.29, 1.82) is 0 Å². The fraction of sp³-hybridized carbons (Fsp3) is 0.471. The molecule has 0 aliphatic heterocycles. The molecule has 1 aliphatic carbocycles. The second-order valence-corrected chi connectivity index (χ2v) is 7.80. The summed E-state index contributed by atoms with van der Waals surface area (Å²) < 4.78 is 1.65. The van der Waals surface area contributed by atoms with Crippen LogP contribution in [0.15, 0.2) is 28.2 Å². The van der Waals surface area contributed by atoms with E-state index in [1.807, 2.05) is 13.8 Å². The van der Waals surface area contributed by atoms with Gasteiger partial charge in [0, 0.05) is 17.6 Å². The van der Waals surface area contributed by atoms with Crippen LogP contribution < -0.4 is 10.9 Å². The zero-order valence-corrected chi connectivity index (χ0v) is 15.3. The van der Waals surface area contributed by atoms with Crippen molar-refractivity contribution in [2.45, 2.75) is 56.1 Å². The first-order chi connectivity index (χ1) is 11.5. The monoisotopic (exact) mass is 365 g/mol. The standard InChI is InChI=1S/C17H20ClN3O2S/c1-3-8-21-16(23)13-7-4-11(18)9-14(13)20-17(21)24-10(2)15(22)19-12-5-6-12/h4,7,9-10,12H,3,5-6,8H2,1-2H3,(H,19,22)/t10-/m0/s1. The highest BCUT2D eigenvalue weighted by molar-refractivity contribution is 8.00. The van der Waals surface area contributed by atoms with Crippen LogP contribution >= 0.6 is 23.4 Å². The Hall–Kier alpha value is -1.53. The number of halogens is 1. The minimum atomic E-state index is -0.308. The number of hydrogen-bond acceptors (Lipinski definition) is 4. The van der Waals surface area contributed by atoms with E-state index in [4.69, 9.17) is 11.6 Å². The van der Waals surface area contributed by atoms with Crippen LogP contribution in [0.4, 0.5) is 0 Å². The SMILES string of the molecule is CCCn1c(S[C@@H](C)C(=O)NC2CC2)nc2cc(Cl)ccc2c1=O. The molecule has 1 N–H and O–H groups in total. The summed E-state index contributed by atoms with van der Waals surface area (Å²) in [5.74, 6) is -0.00834. The third-order valence-corrected chi connectivity index (χ3v) is 5.23. The van der Waals surface area contributed by atoms with Crippen LogP contribution in [0.2, 0.25) is 5.02 Å². The molecule has 1 saturated carbocycles.